The number of fused-ring (bicyclic) bond motifs is 1. The van der Waals surface area contributed by atoms with Crippen molar-refractivity contribution in [3.8, 4) is 5.75 Å². The second-order valence-corrected chi connectivity index (χ2v) is 10.4. The van der Waals surface area contributed by atoms with Crippen molar-refractivity contribution in [1.29, 1.82) is 0 Å². The molecule has 11 nitrogen and oxygen atoms in total. The number of hydrogen-bond donors (Lipinski definition) is 8. The van der Waals surface area contributed by atoms with Gasteiger partial charge in [-0.1, -0.05) is 50.6 Å². The zero-order valence-corrected chi connectivity index (χ0v) is 23.9. The fourth-order valence-corrected chi connectivity index (χ4v) is 4.64. The van der Waals surface area contributed by atoms with Crippen molar-refractivity contribution in [3.63, 3.8) is 0 Å². The van der Waals surface area contributed by atoms with Gasteiger partial charge in [0.05, 0.1) is 6.04 Å². The molecule has 1 heterocycles. The van der Waals surface area contributed by atoms with Crippen molar-refractivity contribution in [2.24, 2.45) is 11.7 Å². The van der Waals surface area contributed by atoms with Crippen molar-refractivity contribution in [2.45, 2.75) is 57.3 Å². The normalized spacial score (nSPS) is 14.8. The summed E-state index contributed by atoms with van der Waals surface area (Å²) in [5.41, 5.74) is 8.66. The van der Waals surface area contributed by atoms with E-state index in [1.807, 2.05) is 31.2 Å². The summed E-state index contributed by atoms with van der Waals surface area (Å²) < 4.78 is 0. The minimum Gasteiger partial charge on any atom is -0.508 e. The highest BCUT2D eigenvalue weighted by molar-refractivity contribution is 7.80. The standard InChI is InChI=1S/C29H37N5O6S/c1-3-16(2)25(34-26(36)21(30)13-18-14-31-22-7-5-4-6-20(18)22)28(38)32-23(12-17-8-10-19(35)11-9-17)27(37)33-24(15-41)29(39)40/h4-11,14,16,21,23-25,31,35,41H,3,12-13,15,30H2,1-2H3,(H,32,38)(H,33,37)(H,34,36)(H,39,40). The van der Waals surface area contributed by atoms with Gasteiger partial charge in [0.15, 0.2) is 0 Å². The third kappa shape index (κ3) is 8.48. The third-order valence-corrected chi connectivity index (χ3v) is 7.42. The second-order valence-electron chi connectivity index (χ2n) is 10.1. The van der Waals surface area contributed by atoms with E-state index in [0.717, 1.165) is 16.5 Å². The molecule has 8 N–H and O–H groups in total. The first-order valence-electron chi connectivity index (χ1n) is 13.4. The van der Waals surface area contributed by atoms with E-state index in [1.165, 1.54) is 12.1 Å². The van der Waals surface area contributed by atoms with E-state index in [1.54, 1.807) is 25.3 Å². The number of nitrogens with two attached hydrogens (primary N) is 1. The van der Waals surface area contributed by atoms with Crippen LogP contribution in [0.5, 0.6) is 5.75 Å². The molecule has 3 aromatic rings. The minimum atomic E-state index is -1.27. The number of para-hydroxylation sites is 1. The number of aromatic hydroxyl groups is 1. The van der Waals surface area contributed by atoms with Crippen LogP contribution in [0, 0.1) is 5.92 Å². The smallest absolute Gasteiger partial charge is 0.327 e. The van der Waals surface area contributed by atoms with Gasteiger partial charge in [-0.05, 0) is 41.7 Å². The average Bonchev–Trinajstić information content (AvgIpc) is 3.36. The number of aromatic amines is 1. The van der Waals surface area contributed by atoms with Gasteiger partial charge in [0.1, 0.15) is 23.9 Å². The molecule has 0 aliphatic carbocycles. The Morgan fingerprint density at radius 1 is 0.927 bits per heavy atom. The molecule has 5 atom stereocenters. The van der Waals surface area contributed by atoms with Crippen molar-refractivity contribution < 1.29 is 29.4 Å². The monoisotopic (exact) mass is 583 g/mol. The van der Waals surface area contributed by atoms with Crippen LogP contribution in [-0.4, -0.2) is 68.8 Å². The number of carboxylic acids is 1. The first kappa shape index (κ1) is 31.5. The first-order valence-corrected chi connectivity index (χ1v) is 14.0. The number of phenols is 1. The SMILES string of the molecule is CCC(C)C(NC(=O)C(N)Cc1c[nH]c2ccccc12)C(=O)NC(Cc1ccc(O)cc1)C(=O)NC(CS)C(=O)O. The van der Waals surface area contributed by atoms with E-state index in [2.05, 4.69) is 33.6 Å². The maximum Gasteiger partial charge on any atom is 0.327 e. The maximum absolute atomic E-state index is 13.5. The lowest BCUT2D eigenvalue weighted by Gasteiger charge is -2.28. The summed E-state index contributed by atoms with van der Waals surface area (Å²) in [5, 5.41) is 27.8. The summed E-state index contributed by atoms with van der Waals surface area (Å²) in [5.74, 6) is -3.54. The van der Waals surface area contributed by atoms with Gasteiger partial charge in [-0.25, -0.2) is 4.79 Å². The molecule has 5 unspecified atom stereocenters. The third-order valence-electron chi connectivity index (χ3n) is 7.05. The number of phenolic OH excluding ortho intramolecular Hbond substituents is 1. The molecule has 0 aliphatic heterocycles. The molecule has 1 aromatic heterocycles. The molecule has 3 amide bonds. The molecule has 3 rings (SSSR count). The number of nitrogens with one attached hydrogen (secondary N) is 4. The number of aromatic nitrogens is 1. The van der Waals surface area contributed by atoms with Crippen LogP contribution >= 0.6 is 12.6 Å². The van der Waals surface area contributed by atoms with E-state index >= 15 is 0 Å². The Hall–Kier alpha value is -4.03. The molecular weight excluding hydrogens is 546 g/mol. The van der Waals surface area contributed by atoms with Gasteiger partial charge in [0, 0.05) is 29.3 Å². The molecule has 0 fully saturated rings. The molecule has 2 aromatic carbocycles. The minimum absolute atomic E-state index is 0.0119. The van der Waals surface area contributed by atoms with E-state index < -0.39 is 47.9 Å². The van der Waals surface area contributed by atoms with Crippen LogP contribution in [-0.2, 0) is 32.0 Å². The van der Waals surface area contributed by atoms with E-state index in [-0.39, 0.29) is 30.3 Å². The molecule has 220 valence electrons. The summed E-state index contributed by atoms with van der Waals surface area (Å²) in [4.78, 5) is 54.4. The number of H-pyrrole nitrogens is 1. The summed E-state index contributed by atoms with van der Waals surface area (Å²) in [7, 11) is 0. The summed E-state index contributed by atoms with van der Waals surface area (Å²) in [6.45, 7) is 3.67. The number of benzene rings is 2. The maximum atomic E-state index is 13.5. The molecule has 12 heteroatoms. The number of rotatable bonds is 14. The summed E-state index contributed by atoms with van der Waals surface area (Å²) >= 11 is 3.99. The van der Waals surface area contributed by atoms with Gasteiger partial charge in [0.25, 0.3) is 0 Å². The van der Waals surface area contributed by atoms with Gasteiger partial charge in [-0.2, -0.15) is 12.6 Å². The predicted octanol–water partition coefficient (Wildman–Crippen LogP) is 1.50. The molecule has 0 spiro atoms. The Kier molecular flexibility index (Phi) is 11.2. The highest BCUT2D eigenvalue weighted by Gasteiger charge is 2.32. The molecular formula is C29H37N5O6S. The van der Waals surface area contributed by atoms with Crippen molar-refractivity contribution in [3.05, 3.63) is 65.9 Å². The molecule has 0 bridgehead atoms. The summed E-state index contributed by atoms with van der Waals surface area (Å²) in [6.07, 6.45) is 2.61. The Labute approximate surface area is 243 Å². The lowest BCUT2D eigenvalue weighted by atomic mass is 9.96. The van der Waals surface area contributed by atoms with E-state index in [4.69, 9.17) is 5.73 Å². The van der Waals surface area contributed by atoms with Gasteiger partial charge in [-0.3, -0.25) is 14.4 Å². The number of hydrogen-bond acceptors (Lipinski definition) is 7. The first-order chi connectivity index (χ1) is 19.5. The quantitative estimate of drug-likeness (QED) is 0.132. The molecule has 0 radical (unpaired) electrons. The average molecular weight is 584 g/mol. The fraction of sp³-hybridized carbons (Fsp3) is 0.379. The number of amides is 3. The van der Waals surface area contributed by atoms with E-state index in [9.17, 15) is 29.4 Å². The van der Waals surface area contributed by atoms with Crippen LogP contribution in [0.25, 0.3) is 10.9 Å². The lowest BCUT2D eigenvalue weighted by Crippen LogP contribution is -2.59. The fourth-order valence-electron chi connectivity index (χ4n) is 4.39. The lowest BCUT2D eigenvalue weighted by molar-refractivity contribution is -0.141. The Balaban J connectivity index is 1.76. The zero-order valence-electron chi connectivity index (χ0n) is 23.0. The molecule has 0 aliphatic rings. The number of carboxylic acid groups (broad SMARTS) is 1. The Morgan fingerprint density at radius 3 is 2.22 bits per heavy atom. The highest BCUT2D eigenvalue weighted by atomic mass is 32.1. The number of carbonyl (C=O) groups excluding carboxylic acids is 3. The second kappa shape index (κ2) is 14.6. The van der Waals surface area contributed by atoms with Gasteiger partial charge in [-0.15, -0.1) is 0 Å². The molecule has 0 saturated heterocycles. The van der Waals surface area contributed by atoms with Crippen LogP contribution < -0.4 is 21.7 Å². The van der Waals surface area contributed by atoms with Crippen LogP contribution in [0.4, 0.5) is 0 Å². The largest absolute Gasteiger partial charge is 0.508 e. The number of carbonyl (C=O) groups is 4. The zero-order chi connectivity index (χ0) is 30.1. The Bertz CT molecular complexity index is 1360. The van der Waals surface area contributed by atoms with Crippen molar-refractivity contribution in [2.75, 3.05) is 5.75 Å². The van der Waals surface area contributed by atoms with E-state index in [0.29, 0.717) is 12.0 Å². The topological polar surface area (TPSA) is 187 Å². The molecule has 0 saturated carbocycles. The van der Waals surface area contributed by atoms with Crippen LogP contribution in [0.15, 0.2) is 54.7 Å². The van der Waals surface area contributed by atoms with Crippen LogP contribution in [0.1, 0.15) is 31.4 Å². The van der Waals surface area contributed by atoms with Crippen molar-refractivity contribution in [1.82, 2.24) is 20.9 Å². The van der Waals surface area contributed by atoms with Gasteiger partial charge < -0.3 is 36.9 Å². The molecule has 41 heavy (non-hydrogen) atoms. The Morgan fingerprint density at radius 2 is 1.59 bits per heavy atom. The van der Waals surface area contributed by atoms with Crippen LogP contribution in [0.3, 0.4) is 0 Å². The highest BCUT2D eigenvalue weighted by Crippen LogP contribution is 2.19. The summed E-state index contributed by atoms with van der Waals surface area (Å²) in [6, 6.07) is 9.35. The van der Waals surface area contributed by atoms with Gasteiger partial charge in [0.2, 0.25) is 17.7 Å². The van der Waals surface area contributed by atoms with Crippen molar-refractivity contribution >= 4 is 47.2 Å². The van der Waals surface area contributed by atoms with Gasteiger partial charge >= 0.3 is 5.97 Å². The predicted molar refractivity (Wildman–Crippen MR) is 159 cm³/mol. The van der Waals surface area contributed by atoms with Crippen LogP contribution in [0.2, 0.25) is 0 Å². The number of thiol groups is 1. The number of aliphatic carboxylic acids is 1.